The van der Waals surface area contributed by atoms with Crippen LogP contribution in [0.2, 0.25) is 0 Å². The van der Waals surface area contributed by atoms with Crippen molar-refractivity contribution in [2.24, 2.45) is 0 Å². The summed E-state index contributed by atoms with van der Waals surface area (Å²) in [7, 11) is 5.83. The molecule has 0 bridgehead atoms. The lowest BCUT2D eigenvalue weighted by Crippen LogP contribution is -2.61. The van der Waals surface area contributed by atoms with E-state index in [0.29, 0.717) is 6.42 Å². The average molecular weight is 325 g/mol. The van der Waals surface area contributed by atoms with Crippen molar-refractivity contribution < 1.29 is 4.39 Å². The molecule has 2 N–H and O–H groups in total. The number of hydrogen-bond donors (Lipinski definition) is 2. The van der Waals surface area contributed by atoms with Crippen molar-refractivity contribution in [2.45, 2.75) is 38.6 Å². The molecule has 0 aromatic carbocycles. The Hall–Kier alpha value is -1.27. The quantitative estimate of drug-likeness (QED) is 0.572. The maximum atomic E-state index is 14.1. The summed E-state index contributed by atoms with van der Waals surface area (Å²) in [5.41, 5.74) is 0.623. The molecule has 0 aliphatic carbocycles. The number of likely N-dealkylation sites (N-methyl/N-ethyl adjacent to an activating group) is 1. The summed E-state index contributed by atoms with van der Waals surface area (Å²) in [6.45, 7) is 8.42. The minimum absolute atomic E-state index is 0.312. The number of piperazine rings is 1. The zero-order chi connectivity index (χ0) is 17.0. The second-order valence-corrected chi connectivity index (χ2v) is 6.70. The molecular formula is C17H32FN5. The van der Waals surface area contributed by atoms with Crippen LogP contribution in [0.5, 0.6) is 0 Å². The molecule has 5 nitrogen and oxygen atoms in total. The average Bonchev–Trinajstić information content (AvgIpc) is 2.81. The molecular weight excluding hydrogens is 293 g/mol. The van der Waals surface area contributed by atoms with Crippen molar-refractivity contribution in [3.05, 3.63) is 23.7 Å². The van der Waals surface area contributed by atoms with Crippen LogP contribution in [0.1, 0.15) is 26.7 Å². The third kappa shape index (κ3) is 3.98. The zero-order valence-corrected chi connectivity index (χ0v) is 15.2. The van der Waals surface area contributed by atoms with E-state index in [1.807, 2.05) is 14.1 Å². The number of allylic oxidation sites excluding steroid dienone is 1. The molecule has 23 heavy (non-hydrogen) atoms. The van der Waals surface area contributed by atoms with Gasteiger partial charge in [-0.3, -0.25) is 4.90 Å². The SMILES string of the molecule is CC/C=C\C(C)(NC1=C(NC)CC(F)N1C)N1CCN(C)CC1. The van der Waals surface area contributed by atoms with Crippen LogP contribution in [0, 0.1) is 0 Å². The highest BCUT2D eigenvalue weighted by atomic mass is 19.1. The van der Waals surface area contributed by atoms with Crippen LogP contribution in [0.15, 0.2) is 23.7 Å². The van der Waals surface area contributed by atoms with Crippen LogP contribution in [0.3, 0.4) is 0 Å². The lowest BCUT2D eigenvalue weighted by Gasteiger charge is -2.45. The zero-order valence-electron chi connectivity index (χ0n) is 15.2. The molecule has 0 amide bonds. The van der Waals surface area contributed by atoms with E-state index in [9.17, 15) is 4.39 Å². The van der Waals surface area contributed by atoms with E-state index >= 15 is 0 Å². The fraction of sp³-hybridized carbons (Fsp3) is 0.765. The van der Waals surface area contributed by atoms with Gasteiger partial charge in [-0.15, -0.1) is 0 Å². The molecule has 2 aliphatic rings. The Morgan fingerprint density at radius 3 is 2.48 bits per heavy atom. The number of rotatable bonds is 6. The standard InChI is InChI=1S/C17H32FN5/c1-6-7-8-17(2,23-11-9-21(4)10-12-23)20-16-14(19-3)13-15(18)22(16)5/h7-8,15,19-20H,6,9-13H2,1-5H3/b8-7-. The first kappa shape index (κ1) is 18.1. The predicted molar refractivity (Wildman–Crippen MR) is 93.4 cm³/mol. The van der Waals surface area contributed by atoms with Gasteiger partial charge in [0.05, 0.1) is 5.70 Å². The second kappa shape index (κ2) is 7.53. The normalized spacial score (nSPS) is 26.9. The molecule has 132 valence electrons. The third-order valence-electron chi connectivity index (χ3n) is 4.94. The summed E-state index contributed by atoms with van der Waals surface area (Å²) < 4.78 is 14.1. The van der Waals surface area contributed by atoms with E-state index in [1.54, 1.807) is 4.90 Å². The molecule has 0 spiro atoms. The fourth-order valence-electron chi connectivity index (χ4n) is 3.22. The molecule has 1 saturated heterocycles. The van der Waals surface area contributed by atoms with Gasteiger partial charge in [0.1, 0.15) is 11.5 Å². The predicted octanol–water partition coefficient (Wildman–Crippen LogP) is 1.53. The van der Waals surface area contributed by atoms with Gasteiger partial charge in [0.15, 0.2) is 6.30 Å². The number of alkyl halides is 1. The van der Waals surface area contributed by atoms with Gasteiger partial charge >= 0.3 is 0 Å². The lowest BCUT2D eigenvalue weighted by molar-refractivity contribution is 0.0544. The Morgan fingerprint density at radius 2 is 1.91 bits per heavy atom. The number of halogens is 1. The minimum atomic E-state index is -0.966. The molecule has 0 saturated carbocycles. The maximum absolute atomic E-state index is 14.1. The van der Waals surface area contributed by atoms with E-state index in [-0.39, 0.29) is 5.66 Å². The van der Waals surface area contributed by atoms with Crippen molar-refractivity contribution in [3.8, 4) is 0 Å². The maximum Gasteiger partial charge on any atom is 0.178 e. The first-order chi connectivity index (χ1) is 10.9. The first-order valence-electron chi connectivity index (χ1n) is 8.58. The van der Waals surface area contributed by atoms with Gasteiger partial charge in [0.25, 0.3) is 0 Å². The molecule has 2 heterocycles. The minimum Gasteiger partial charge on any atom is -0.388 e. The van der Waals surface area contributed by atoms with Gasteiger partial charge in [-0.2, -0.15) is 0 Å². The highest BCUT2D eigenvalue weighted by Gasteiger charge is 2.36. The van der Waals surface area contributed by atoms with E-state index in [0.717, 1.165) is 44.1 Å². The highest BCUT2D eigenvalue weighted by Crippen LogP contribution is 2.28. The Kier molecular flexibility index (Phi) is 5.92. The summed E-state index contributed by atoms with van der Waals surface area (Å²) in [4.78, 5) is 6.48. The van der Waals surface area contributed by atoms with Gasteiger partial charge in [-0.1, -0.05) is 13.0 Å². The van der Waals surface area contributed by atoms with Crippen LogP contribution >= 0.6 is 0 Å². The first-order valence-corrected chi connectivity index (χ1v) is 8.58. The van der Waals surface area contributed by atoms with Gasteiger partial charge in [0.2, 0.25) is 0 Å². The van der Waals surface area contributed by atoms with Gasteiger partial charge in [-0.25, -0.2) is 4.39 Å². The van der Waals surface area contributed by atoms with Crippen LogP contribution in [-0.2, 0) is 0 Å². The monoisotopic (exact) mass is 325 g/mol. The van der Waals surface area contributed by atoms with E-state index in [2.05, 4.69) is 53.5 Å². The summed E-state index contributed by atoms with van der Waals surface area (Å²) in [5.74, 6) is 0.863. The smallest absolute Gasteiger partial charge is 0.178 e. The van der Waals surface area contributed by atoms with Crippen LogP contribution < -0.4 is 10.6 Å². The topological polar surface area (TPSA) is 33.8 Å². The highest BCUT2D eigenvalue weighted by molar-refractivity contribution is 5.21. The number of hydrogen-bond acceptors (Lipinski definition) is 5. The molecule has 6 heteroatoms. The summed E-state index contributed by atoms with van der Waals surface area (Å²) in [5, 5.41) is 6.76. The van der Waals surface area contributed by atoms with Crippen LogP contribution in [0.4, 0.5) is 4.39 Å². The Labute approximate surface area is 140 Å². The molecule has 0 radical (unpaired) electrons. The summed E-state index contributed by atoms with van der Waals surface area (Å²) in [6, 6.07) is 0. The van der Waals surface area contributed by atoms with Crippen molar-refractivity contribution in [1.82, 2.24) is 25.3 Å². The molecule has 1 fully saturated rings. The van der Waals surface area contributed by atoms with E-state index in [4.69, 9.17) is 0 Å². The van der Waals surface area contributed by atoms with Crippen molar-refractivity contribution >= 4 is 0 Å². The molecule has 2 unspecified atom stereocenters. The van der Waals surface area contributed by atoms with Crippen molar-refractivity contribution in [1.29, 1.82) is 0 Å². The largest absolute Gasteiger partial charge is 0.388 e. The molecule has 2 aliphatic heterocycles. The summed E-state index contributed by atoms with van der Waals surface area (Å²) in [6.07, 6.45) is 4.84. The molecule has 0 aromatic heterocycles. The second-order valence-electron chi connectivity index (χ2n) is 6.70. The van der Waals surface area contributed by atoms with Gasteiger partial charge in [0, 0.05) is 46.7 Å². The number of nitrogens with zero attached hydrogens (tertiary/aromatic N) is 3. The molecule has 2 atom stereocenters. The molecule has 2 rings (SSSR count). The third-order valence-corrected chi connectivity index (χ3v) is 4.94. The number of nitrogens with one attached hydrogen (secondary N) is 2. The Balaban J connectivity index is 2.23. The van der Waals surface area contributed by atoms with Crippen molar-refractivity contribution in [2.75, 3.05) is 47.3 Å². The molecule has 0 aromatic rings. The Morgan fingerprint density at radius 1 is 1.26 bits per heavy atom. The van der Waals surface area contributed by atoms with Crippen LogP contribution in [-0.4, -0.2) is 74.0 Å². The fourth-order valence-corrected chi connectivity index (χ4v) is 3.22. The lowest BCUT2D eigenvalue weighted by atomic mass is 10.1. The Bertz CT molecular complexity index is 456. The van der Waals surface area contributed by atoms with E-state index < -0.39 is 6.30 Å². The van der Waals surface area contributed by atoms with E-state index in [1.165, 1.54) is 0 Å². The van der Waals surface area contributed by atoms with Gasteiger partial charge < -0.3 is 20.4 Å². The van der Waals surface area contributed by atoms with Crippen molar-refractivity contribution in [3.63, 3.8) is 0 Å². The summed E-state index contributed by atoms with van der Waals surface area (Å²) >= 11 is 0. The van der Waals surface area contributed by atoms with Crippen LogP contribution in [0.25, 0.3) is 0 Å². The van der Waals surface area contributed by atoms with Gasteiger partial charge in [-0.05, 0) is 26.5 Å².